The Labute approximate surface area is 98.2 Å². The number of benzene rings is 1. The van der Waals surface area contributed by atoms with Gasteiger partial charge in [0.05, 0.1) is 0 Å². The van der Waals surface area contributed by atoms with Gasteiger partial charge in [0.1, 0.15) is 0 Å². The highest BCUT2D eigenvalue weighted by Crippen LogP contribution is 2.18. The van der Waals surface area contributed by atoms with Gasteiger partial charge in [-0.1, -0.05) is 37.1 Å². The van der Waals surface area contributed by atoms with Crippen molar-refractivity contribution in [1.82, 2.24) is 5.32 Å². The van der Waals surface area contributed by atoms with Gasteiger partial charge >= 0.3 is 0 Å². The van der Waals surface area contributed by atoms with Gasteiger partial charge in [-0.05, 0) is 36.9 Å². The van der Waals surface area contributed by atoms with Crippen LogP contribution in [0.25, 0.3) is 0 Å². The maximum Gasteiger partial charge on any atom is 0.0208 e. The van der Waals surface area contributed by atoms with E-state index < -0.39 is 0 Å². The molecule has 2 heteroatoms. The molecule has 0 atom stereocenters. The summed E-state index contributed by atoms with van der Waals surface area (Å²) in [4.78, 5) is 0. The maximum absolute atomic E-state index is 5.53. The lowest BCUT2D eigenvalue weighted by molar-refractivity contribution is 0.524. The van der Waals surface area contributed by atoms with Crippen molar-refractivity contribution in [1.29, 1.82) is 0 Å². The molecule has 2 nitrogen and oxygen atoms in total. The third kappa shape index (κ3) is 3.32. The molecule has 1 aliphatic rings. The minimum absolute atomic E-state index is 0.736. The fraction of sp³-hybridized carbons (Fsp3) is 0.571. The summed E-state index contributed by atoms with van der Waals surface area (Å²) in [5.74, 6) is 0. The monoisotopic (exact) mass is 218 g/mol. The van der Waals surface area contributed by atoms with E-state index in [-0.39, 0.29) is 0 Å². The summed E-state index contributed by atoms with van der Waals surface area (Å²) in [7, 11) is 0. The molecular formula is C14H22N2. The van der Waals surface area contributed by atoms with Gasteiger partial charge in [0, 0.05) is 12.6 Å². The van der Waals surface area contributed by atoms with Crippen LogP contribution in [0.5, 0.6) is 0 Å². The highest BCUT2D eigenvalue weighted by molar-refractivity contribution is 5.22. The molecule has 1 fully saturated rings. The van der Waals surface area contributed by atoms with Crippen LogP contribution in [0.1, 0.15) is 36.8 Å². The van der Waals surface area contributed by atoms with E-state index >= 15 is 0 Å². The van der Waals surface area contributed by atoms with Crippen LogP contribution in [0.2, 0.25) is 0 Å². The maximum atomic E-state index is 5.53. The Hall–Kier alpha value is -0.860. The van der Waals surface area contributed by atoms with Crippen LogP contribution < -0.4 is 11.1 Å². The van der Waals surface area contributed by atoms with Crippen LogP contribution in [0.4, 0.5) is 0 Å². The SMILES string of the molecule is NCCc1ccc(CNC2CCCC2)cc1. The van der Waals surface area contributed by atoms with E-state index in [0.29, 0.717) is 0 Å². The van der Waals surface area contributed by atoms with E-state index in [9.17, 15) is 0 Å². The lowest BCUT2D eigenvalue weighted by atomic mass is 10.1. The standard InChI is InChI=1S/C14H22N2/c15-10-9-12-5-7-13(8-6-12)11-16-14-3-1-2-4-14/h5-8,14,16H,1-4,9-11,15H2. The molecule has 0 aromatic heterocycles. The summed E-state index contributed by atoms with van der Waals surface area (Å²) in [6.07, 6.45) is 6.48. The molecule has 88 valence electrons. The van der Waals surface area contributed by atoms with E-state index in [1.165, 1.54) is 36.8 Å². The smallest absolute Gasteiger partial charge is 0.0208 e. The fourth-order valence-corrected chi connectivity index (χ4v) is 2.38. The Balaban J connectivity index is 1.80. The normalized spacial score (nSPS) is 16.8. The highest BCUT2D eigenvalue weighted by Gasteiger charge is 2.13. The lowest BCUT2D eigenvalue weighted by Crippen LogP contribution is -2.25. The first kappa shape index (κ1) is 11.6. The number of hydrogen-bond acceptors (Lipinski definition) is 2. The van der Waals surface area contributed by atoms with Gasteiger partial charge in [0.2, 0.25) is 0 Å². The van der Waals surface area contributed by atoms with Crippen molar-refractivity contribution in [3.05, 3.63) is 35.4 Å². The lowest BCUT2D eigenvalue weighted by Gasteiger charge is -2.11. The first-order valence-electron chi connectivity index (χ1n) is 6.40. The van der Waals surface area contributed by atoms with Crippen molar-refractivity contribution in [3.63, 3.8) is 0 Å². The predicted molar refractivity (Wildman–Crippen MR) is 68.3 cm³/mol. The van der Waals surface area contributed by atoms with Crippen LogP contribution in [0.15, 0.2) is 24.3 Å². The summed E-state index contributed by atoms with van der Waals surface area (Å²) in [6, 6.07) is 9.57. The highest BCUT2D eigenvalue weighted by atomic mass is 14.9. The molecule has 3 N–H and O–H groups in total. The molecule has 0 bridgehead atoms. The second-order valence-corrected chi connectivity index (χ2v) is 4.72. The van der Waals surface area contributed by atoms with Gasteiger partial charge < -0.3 is 11.1 Å². The second kappa shape index (κ2) is 6.02. The van der Waals surface area contributed by atoms with E-state index in [4.69, 9.17) is 5.73 Å². The van der Waals surface area contributed by atoms with Gasteiger partial charge in [0.25, 0.3) is 0 Å². The largest absolute Gasteiger partial charge is 0.330 e. The molecule has 1 saturated carbocycles. The molecular weight excluding hydrogens is 196 g/mol. The Morgan fingerprint density at radius 1 is 1.06 bits per heavy atom. The number of hydrogen-bond donors (Lipinski definition) is 2. The summed E-state index contributed by atoms with van der Waals surface area (Å²) in [5.41, 5.74) is 8.25. The molecule has 2 rings (SSSR count). The zero-order chi connectivity index (χ0) is 11.2. The summed E-state index contributed by atoms with van der Waals surface area (Å²) < 4.78 is 0. The van der Waals surface area contributed by atoms with E-state index in [2.05, 4.69) is 29.6 Å². The molecule has 0 spiro atoms. The topological polar surface area (TPSA) is 38.0 Å². The summed E-state index contributed by atoms with van der Waals surface area (Å²) >= 11 is 0. The quantitative estimate of drug-likeness (QED) is 0.795. The molecule has 16 heavy (non-hydrogen) atoms. The first-order valence-corrected chi connectivity index (χ1v) is 6.40. The van der Waals surface area contributed by atoms with Crippen molar-refractivity contribution in [3.8, 4) is 0 Å². The number of rotatable bonds is 5. The molecule has 0 unspecified atom stereocenters. The van der Waals surface area contributed by atoms with Crippen molar-refractivity contribution in [2.24, 2.45) is 5.73 Å². The van der Waals surface area contributed by atoms with Crippen molar-refractivity contribution in [2.45, 2.75) is 44.7 Å². The zero-order valence-electron chi connectivity index (χ0n) is 9.91. The predicted octanol–water partition coefficient (Wildman–Crippen LogP) is 2.22. The van der Waals surface area contributed by atoms with Gasteiger partial charge in [0.15, 0.2) is 0 Å². The van der Waals surface area contributed by atoms with Crippen LogP contribution in [0.3, 0.4) is 0 Å². The first-order chi connectivity index (χ1) is 7.88. The van der Waals surface area contributed by atoms with Gasteiger partial charge in [-0.15, -0.1) is 0 Å². The third-order valence-electron chi connectivity index (χ3n) is 3.41. The minimum Gasteiger partial charge on any atom is -0.330 e. The zero-order valence-corrected chi connectivity index (χ0v) is 9.91. The van der Waals surface area contributed by atoms with Gasteiger partial charge in [-0.2, -0.15) is 0 Å². The van der Waals surface area contributed by atoms with Gasteiger partial charge in [-0.3, -0.25) is 0 Å². The van der Waals surface area contributed by atoms with Crippen LogP contribution >= 0.6 is 0 Å². The molecule has 1 aliphatic carbocycles. The van der Waals surface area contributed by atoms with E-state index in [1.807, 2.05) is 0 Å². The molecule has 0 aliphatic heterocycles. The number of nitrogens with two attached hydrogens (primary N) is 1. The van der Waals surface area contributed by atoms with Crippen LogP contribution in [-0.4, -0.2) is 12.6 Å². The Bertz CT molecular complexity index is 299. The molecule has 0 amide bonds. The third-order valence-corrected chi connectivity index (χ3v) is 3.41. The van der Waals surface area contributed by atoms with Crippen molar-refractivity contribution >= 4 is 0 Å². The minimum atomic E-state index is 0.736. The van der Waals surface area contributed by atoms with E-state index in [0.717, 1.165) is 25.6 Å². The fourth-order valence-electron chi connectivity index (χ4n) is 2.38. The average molecular weight is 218 g/mol. The average Bonchev–Trinajstić information content (AvgIpc) is 2.82. The molecule has 0 saturated heterocycles. The van der Waals surface area contributed by atoms with Gasteiger partial charge in [-0.25, -0.2) is 0 Å². The van der Waals surface area contributed by atoms with Crippen LogP contribution in [-0.2, 0) is 13.0 Å². The second-order valence-electron chi connectivity index (χ2n) is 4.72. The molecule has 1 aromatic carbocycles. The molecule has 1 aromatic rings. The van der Waals surface area contributed by atoms with Crippen molar-refractivity contribution in [2.75, 3.05) is 6.54 Å². The number of nitrogens with one attached hydrogen (secondary N) is 1. The summed E-state index contributed by atoms with van der Waals surface area (Å²) in [5, 5.41) is 3.62. The van der Waals surface area contributed by atoms with E-state index in [1.54, 1.807) is 0 Å². The summed E-state index contributed by atoms with van der Waals surface area (Å²) in [6.45, 7) is 1.74. The molecule has 0 heterocycles. The molecule has 0 radical (unpaired) electrons. The Kier molecular flexibility index (Phi) is 4.37. The van der Waals surface area contributed by atoms with Crippen LogP contribution in [0, 0.1) is 0 Å². The Morgan fingerprint density at radius 2 is 1.69 bits per heavy atom. The van der Waals surface area contributed by atoms with Crippen molar-refractivity contribution < 1.29 is 0 Å². The Morgan fingerprint density at radius 3 is 2.31 bits per heavy atom.